The maximum absolute atomic E-state index is 6.05. The molecule has 1 unspecified atom stereocenters. The van der Waals surface area contributed by atoms with E-state index in [4.69, 9.17) is 5.73 Å². The van der Waals surface area contributed by atoms with Crippen LogP contribution in [0.5, 0.6) is 0 Å². The monoisotopic (exact) mass is 193 g/mol. The minimum absolute atomic E-state index is 0.223. The molecule has 0 spiro atoms. The van der Waals surface area contributed by atoms with Crippen LogP contribution < -0.4 is 5.73 Å². The van der Waals surface area contributed by atoms with Crippen LogP contribution in [0.3, 0.4) is 0 Å². The van der Waals surface area contributed by atoms with Gasteiger partial charge >= 0.3 is 0 Å². The van der Waals surface area contributed by atoms with Crippen LogP contribution in [0.2, 0.25) is 0 Å². The molecule has 1 atom stereocenters. The Kier molecular flexibility index (Phi) is 2.14. The molecular formula is C11H19N3. The van der Waals surface area contributed by atoms with Gasteiger partial charge in [0.1, 0.15) is 0 Å². The maximum atomic E-state index is 6.05. The smallest absolute Gasteiger partial charge is 0.0492 e. The van der Waals surface area contributed by atoms with Crippen molar-refractivity contribution < 1.29 is 0 Å². The fourth-order valence-electron chi connectivity index (χ4n) is 2.20. The molecule has 0 bridgehead atoms. The third-order valence-corrected chi connectivity index (χ3v) is 3.33. The van der Waals surface area contributed by atoms with Gasteiger partial charge in [-0.25, -0.2) is 0 Å². The van der Waals surface area contributed by atoms with Gasteiger partial charge < -0.3 is 5.73 Å². The second-order valence-electron chi connectivity index (χ2n) is 4.70. The fourth-order valence-corrected chi connectivity index (χ4v) is 2.20. The average molecular weight is 193 g/mol. The zero-order chi connectivity index (χ0) is 10.3. The lowest BCUT2D eigenvalue weighted by Gasteiger charge is -2.22. The van der Waals surface area contributed by atoms with Crippen LogP contribution in [0, 0.1) is 0 Å². The summed E-state index contributed by atoms with van der Waals surface area (Å²) in [6.07, 6.45) is 4.31. The molecule has 0 aliphatic heterocycles. The van der Waals surface area contributed by atoms with Gasteiger partial charge in [0.2, 0.25) is 0 Å². The summed E-state index contributed by atoms with van der Waals surface area (Å²) in [6.45, 7) is 6.42. The molecule has 0 aromatic carbocycles. The number of rotatable bonds is 3. The highest BCUT2D eigenvalue weighted by atomic mass is 15.3. The minimum atomic E-state index is 0.223. The summed E-state index contributed by atoms with van der Waals surface area (Å²) >= 11 is 0. The van der Waals surface area contributed by atoms with E-state index in [-0.39, 0.29) is 11.5 Å². The Labute approximate surface area is 85.3 Å². The topological polar surface area (TPSA) is 43.8 Å². The highest BCUT2D eigenvalue weighted by Gasteiger charge is 2.49. The molecule has 0 radical (unpaired) electrons. The normalized spacial score (nSPS) is 21.2. The SMILES string of the molecule is CC(C)n1nccc1C1(C(C)N)CC1. The first-order valence-electron chi connectivity index (χ1n) is 5.37. The van der Waals surface area contributed by atoms with Gasteiger partial charge in [-0.2, -0.15) is 5.10 Å². The molecule has 2 rings (SSSR count). The predicted molar refractivity (Wildman–Crippen MR) is 57.2 cm³/mol. The lowest BCUT2D eigenvalue weighted by Crippen LogP contribution is -2.33. The van der Waals surface area contributed by atoms with Crippen molar-refractivity contribution in [2.75, 3.05) is 0 Å². The van der Waals surface area contributed by atoms with Crippen LogP contribution in [0.1, 0.15) is 45.3 Å². The standard InChI is InChI=1S/C11H19N3/c1-8(2)14-10(4-7-13-14)11(5-6-11)9(3)12/h4,7-9H,5-6,12H2,1-3H3. The third kappa shape index (κ3) is 1.27. The zero-order valence-electron chi connectivity index (χ0n) is 9.20. The Morgan fingerprint density at radius 2 is 2.07 bits per heavy atom. The number of nitrogens with zero attached hydrogens (tertiary/aromatic N) is 2. The molecule has 0 saturated heterocycles. The van der Waals surface area contributed by atoms with E-state index in [1.165, 1.54) is 18.5 Å². The Morgan fingerprint density at radius 1 is 1.43 bits per heavy atom. The van der Waals surface area contributed by atoms with Crippen molar-refractivity contribution in [1.82, 2.24) is 9.78 Å². The number of aromatic nitrogens is 2. The van der Waals surface area contributed by atoms with Crippen molar-refractivity contribution in [1.29, 1.82) is 0 Å². The molecule has 2 N–H and O–H groups in total. The lowest BCUT2D eigenvalue weighted by molar-refractivity contribution is 0.447. The molecule has 1 heterocycles. The van der Waals surface area contributed by atoms with E-state index in [9.17, 15) is 0 Å². The van der Waals surface area contributed by atoms with Gasteiger partial charge in [-0.1, -0.05) is 0 Å². The van der Waals surface area contributed by atoms with Crippen molar-refractivity contribution in [3.05, 3.63) is 18.0 Å². The van der Waals surface area contributed by atoms with E-state index < -0.39 is 0 Å². The van der Waals surface area contributed by atoms with Crippen molar-refractivity contribution in [2.45, 2.75) is 51.1 Å². The summed E-state index contributed by atoms with van der Waals surface area (Å²) in [7, 11) is 0. The van der Waals surface area contributed by atoms with Crippen LogP contribution in [0.4, 0.5) is 0 Å². The van der Waals surface area contributed by atoms with E-state index in [1.807, 2.05) is 6.20 Å². The number of nitrogens with two attached hydrogens (primary N) is 1. The summed E-state index contributed by atoms with van der Waals surface area (Å²) in [6, 6.07) is 2.78. The molecule has 1 saturated carbocycles. The molecule has 1 aromatic rings. The second-order valence-corrected chi connectivity index (χ2v) is 4.70. The zero-order valence-corrected chi connectivity index (χ0v) is 9.20. The van der Waals surface area contributed by atoms with E-state index in [1.54, 1.807) is 0 Å². The van der Waals surface area contributed by atoms with Crippen molar-refractivity contribution in [3.8, 4) is 0 Å². The molecular weight excluding hydrogens is 174 g/mol. The van der Waals surface area contributed by atoms with Crippen molar-refractivity contribution in [3.63, 3.8) is 0 Å². The first kappa shape index (κ1) is 9.71. The van der Waals surface area contributed by atoms with E-state index in [2.05, 4.69) is 36.6 Å². The Bertz CT molecular complexity index is 321. The number of hydrogen-bond donors (Lipinski definition) is 1. The third-order valence-electron chi connectivity index (χ3n) is 3.33. The van der Waals surface area contributed by atoms with Gasteiger partial charge in [0.05, 0.1) is 0 Å². The quantitative estimate of drug-likeness (QED) is 0.796. The van der Waals surface area contributed by atoms with Gasteiger partial charge in [-0.3, -0.25) is 4.68 Å². The van der Waals surface area contributed by atoms with Crippen LogP contribution in [-0.2, 0) is 5.41 Å². The molecule has 1 aliphatic carbocycles. The van der Waals surface area contributed by atoms with E-state index in [0.29, 0.717) is 6.04 Å². The van der Waals surface area contributed by atoms with Gasteiger partial charge in [-0.05, 0) is 39.7 Å². The van der Waals surface area contributed by atoms with Crippen molar-refractivity contribution >= 4 is 0 Å². The Morgan fingerprint density at radius 3 is 2.50 bits per heavy atom. The summed E-state index contributed by atoms with van der Waals surface area (Å²) < 4.78 is 2.11. The van der Waals surface area contributed by atoms with Gasteiger partial charge in [0.15, 0.2) is 0 Å². The molecule has 1 aliphatic rings. The summed E-state index contributed by atoms with van der Waals surface area (Å²) in [5.74, 6) is 0. The molecule has 3 nitrogen and oxygen atoms in total. The fraction of sp³-hybridized carbons (Fsp3) is 0.727. The summed E-state index contributed by atoms with van der Waals surface area (Å²) in [4.78, 5) is 0. The first-order valence-corrected chi connectivity index (χ1v) is 5.37. The molecule has 3 heteroatoms. The van der Waals surface area contributed by atoms with E-state index >= 15 is 0 Å². The van der Waals surface area contributed by atoms with Crippen LogP contribution in [-0.4, -0.2) is 15.8 Å². The van der Waals surface area contributed by atoms with Crippen LogP contribution >= 0.6 is 0 Å². The van der Waals surface area contributed by atoms with Crippen LogP contribution in [0.15, 0.2) is 12.3 Å². The lowest BCUT2D eigenvalue weighted by atomic mass is 9.94. The highest BCUT2D eigenvalue weighted by Crippen LogP contribution is 2.50. The summed E-state index contributed by atoms with van der Waals surface area (Å²) in [5.41, 5.74) is 7.60. The Hall–Kier alpha value is -0.830. The van der Waals surface area contributed by atoms with Gasteiger partial charge in [0.25, 0.3) is 0 Å². The van der Waals surface area contributed by atoms with Crippen LogP contribution in [0.25, 0.3) is 0 Å². The maximum Gasteiger partial charge on any atom is 0.0492 e. The highest BCUT2D eigenvalue weighted by molar-refractivity contribution is 5.27. The average Bonchev–Trinajstić information content (AvgIpc) is 2.77. The van der Waals surface area contributed by atoms with Gasteiger partial charge in [0, 0.05) is 29.4 Å². The largest absolute Gasteiger partial charge is 0.327 e. The molecule has 78 valence electrons. The molecule has 14 heavy (non-hydrogen) atoms. The van der Waals surface area contributed by atoms with E-state index in [0.717, 1.165) is 0 Å². The Balaban J connectivity index is 2.37. The second kappa shape index (κ2) is 3.09. The molecule has 1 fully saturated rings. The molecule has 1 aromatic heterocycles. The van der Waals surface area contributed by atoms with Crippen molar-refractivity contribution in [2.24, 2.45) is 5.73 Å². The number of hydrogen-bond acceptors (Lipinski definition) is 2. The summed E-state index contributed by atoms with van der Waals surface area (Å²) in [5, 5.41) is 4.37. The minimum Gasteiger partial charge on any atom is -0.327 e. The molecule has 0 amide bonds. The first-order chi connectivity index (χ1) is 6.58. The van der Waals surface area contributed by atoms with Gasteiger partial charge in [-0.15, -0.1) is 0 Å². The predicted octanol–water partition coefficient (Wildman–Crippen LogP) is 1.84.